The second-order valence-electron chi connectivity index (χ2n) is 7.03. The van der Waals surface area contributed by atoms with Crippen LogP contribution in [0.4, 0.5) is 4.79 Å². The SMILES string of the molecule is CCC(NCc1ccc(Cl)nc1)C1CN(C(=O)OC(C)(C)C)C1. The normalized spacial score (nSPS) is 16.8. The maximum Gasteiger partial charge on any atom is 0.410 e. The fourth-order valence-electron chi connectivity index (χ4n) is 2.65. The summed E-state index contributed by atoms with van der Waals surface area (Å²) < 4.78 is 5.39. The summed E-state index contributed by atoms with van der Waals surface area (Å²) >= 11 is 5.79. The predicted molar refractivity (Wildman–Crippen MR) is 91.5 cm³/mol. The van der Waals surface area contributed by atoms with E-state index in [9.17, 15) is 4.79 Å². The zero-order chi connectivity index (χ0) is 17.0. The maximum absolute atomic E-state index is 12.0. The Morgan fingerprint density at radius 2 is 2.17 bits per heavy atom. The number of pyridine rings is 1. The highest BCUT2D eigenvalue weighted by molar-refractivity contribution is 6.29. The van der Waals surface area contributed by atoms with Crippen LogP contribution in [-0.4, -0.2) is 40.7 Å². The van der Waals surface area contributed by atoms with E-state index in [0.29, 0.717) is 17.1 Å². The van der Waals surface area contributed by atoms with Crippen LogP contribution in [0, 0.1) is 5.92 Å². The van der Waals surface area contributed by atoms with Gasteiger partial charge in [0.1, 0.15) is 10.8 Å². The number of amides is 1. The summed E-state index contributed by atoms with van der Waals surface area (Å²) in [5.41, 5.74) is 0.669. The lowest BCUT2D eigenvalue weighted by molar-refractivity contribution is -0.00716. The third-order valence-corrected chi connectivity index (χ3v) is 4.15. The molecule has 5 nitrogen and oxygen atoms in total. The number of carbonyl (C=O) groups excluding carboxylic acids is 1. The summed E-state index contributed by atoms with van der Waals surface area (Å²) in [5.74, 6) is 0.466. The van der Waals surface area contributed by atoms with Crippen LogP contribution in [0.5, 0.6) is 0 Å². The Morgan fingerprint density at radius 3 is 2.70 bits per heavy atom. The molecule has 2 rings (SSSR count). The second-order valence-corrected chi connectivity index (χ2v) is 7.42. The van der Waals surface area contributed by atoms with Gasteiger partial charge >= 0.3 is 6.09 Å². The molecule has 1 aromatic heterocycles. The number of hydrogen-bond donors (Lipinski definition) is 1. The summed E-state index contributed by atoms with van der Waals surface area (Å²) in [6.07, 6.45) is 2.59. The first-order valence-electron chi connectivity index (χ1n) is 8.10. The van der Waals surface area contributed by atoms with Gasteiger partial charge in [-0.2, -0.15) is 0 Å². The van der Waals surface area contributed by atoms with E-state index in [2.05, 4.69) is 17.2 Å². The fourth-order valence-corrected chi connectivity index (χ4v) is 2.76. The Morgan fingerprint density at radius 1 is 1.48 bits per heavy atom. The molecular weight excluding hydrogens is 314 g/mol. The smallest absolute Gasteiger partial charge is 0.410 e. The molecule has 1 atom stereocenters. The third kappa shape index (κ3) is 5.36. The second kappa shape index (κ2) is 7.49. The Balaban J connectivity index is 1.77. The molecule has 0 saturated carbocycles. The lowest BCUT2D eigenvalue weighted by atomic mass is 9.90. The van der Waals surface area contributed by atoms with Crippen LogP contribution < -0.4 is 5.32 Å². The van der Waals surface area contributed by atoms with Crippen molar-refractivity contribution in [2.24, 2.45) is 5.92 Å². The molecule has 1 aromatic rings. The number of aromatic nitrogens is 1. The number of likely N-dealkylation sites (tertiary alicyclic amines) is 1. The molecule has 1 unspecified atom stereocenters. The Labute approximate surface area is 143 Å². The van der Waals surface area contributed by atoms with E-state index in [1.165, 1.54) is 0 Å². The molecule has 0 radical (unpaired) electrons. The van der Waals surface area contributed by atoms with Crippen molar-refractivity contribution in [1.82, 2.24) is 15.2 Å². The highest BCUT2D eigenvalue weighted by Gasteiger charge is 2.37. The van der Waals surface area contributed by atoms with Gasteiger partial charge < -0.3 is 15.0 Å². The molecule has 1 saturated heterocycles. The van der Waals surface area contributed by atoms with E-state index in [4.69, 9.17) is 16.3 Å². The number of hydrogen-bond acceptors (Lipinski definition) is 4. The van der Waals surface area contributed by atoms with Crippen molar-refractivity contribution < 1.29 is 9.53 Å². The maximum atomic E-state index is 12.0. The molecule has 2 heterocycles. The average molecular weight is 340 g/mol. The van der Waals surface area contributed by atoms with Gasteiger partial charge in [-0.05, 0) is 38.8 Å². The van der Waals surface area contributed by atoms with Gasteiger partial charge in [-0.3, -0.25) is 0 Å². The van der Waals surface area contributed by atoms with E-state index in [1.807, 2.05) is 26.8 Å². The number of nitrogens with one attached hydrogen (secondary N) is 1. The summed E-state index contributed by atoms with van der Waals surface area (Å²) in [5, 5.41) is 4.06. The van der Waals surface area contributed by atoms with Crippen molar-refractivity contribution in [3.63, 3.8) is 0 Å². The zero-order valence-corrected chi connectivity index (χ0v) is 15.1. The van der Waals surface area contributed by atoms with Gasteiger partial charge in [-0.1, -0.05) is 24.6 Å². The molecule has 0 aromatic carbocycles. The first kappa shape index (κ1) is 18.0. The molecule has 0 spiro atoms. The number of carbonyl (C=O) groups is 1. The number of halogens is 1. The van der Waals surface area contributed by atoms with Crippen molar-refractivity contribution >= 4 is 17.7 Å². The van der Waals surface area contributed by atoms with Crippen LogP contribution in [0.1, 0.15) is 39.7 Å². The Bertz CT molecular complexity index is 522. The molecular formula is C17H26ClN3O2. The van der Waals surface area contributed by atoms with Crippen LogP contribution in [0.25, 0.3) is 0 Å². The standard InChI is InChI=1S/C17H26ClN3O2/c1-5-14(19-8-12-6-7-15(18)20-9-12)13-10-21(11-13)16(22)23-17(2,3)4/h6-7,9,13-14,19H,5,8,10-11H2,1-4H3. The molecule has 6 heteroatoms. The van der Waals surface area contributed by atoms with Crippen LogP contribution in [0.3, 0.4) is 0 Å². The summed E-state index contributed by atoms with van der Waals surface area (Å²) in [6.45, 7) is 10.1. The quantitative estimate of drug-likeness (QED) is 0.834. The van der Waals surface area contributed by atoms with Crippen molar-refractivity contribution in [1.29, 1.82) is 0 Å². The summed E-state index contributed by atoms with van der Waals surface area (Å²) in [7, 11) is 0. The highest BCUT2D eigenvalue weighted by atomic mass is 35.5. The van der Waals surface area contributed by atoms with Gasteiger partial charge in [-0.25, -0.2) is 9.78 Å². The van der Waals surface area contributed by atoms with Gasteiger partial charge in [0.15, 0.2) is 0 Å². The van der Waals surface area contributed by atoms with Crippen molar-refractivity contribution in [3.05, 3.63) is 29.0 Å². The summed E-state index contributed by atoms with van der Waals surface area (Å²) in [4.78, 5) is 17.8. The Kier molecular flexibility index (Phi) is 5.87. The van der Waals surface area contributed by atoms with Gasteiger partial charge in [0.25, 0.3) is 0 Å². The predicted octanol–water partition coefficient (Wildman–Crippen LogP) is 3.47. The van der Waals surface area contributed by atoms with Crippen molar-refractivity contribution in [2.45, 2.75) is 52.3 Å². The number of ether oxygens (including phenoxy) is 1. The van der Waals surface area contributed by atoms with Gasteiger partial charge in [0, 0.05) is 37.8 Å². The third-order valence-electron chi connectivity index (χ3n) is 3.93. The van der Waals surface area contributed by atoms with E-state index >= 15 is 0 Å². The number of rotatable bonds is 5. The molecule has 1 fully saturated rings. The van der Waals surface area contributed by atoms with Gasteiger partial charge in [0.2, 0.25) is 0 Å². The molecule has 1 N–H and O–H groups in total. The Hall–Kier alpha value is -1.33. The monoisotopic (exact) mass is 339 g/mol. The molecule has 23 heavy (non-hydrogen) atoms. The summed E-state index contributed by atoms with van der Waals surface area (Å²) in [6, 6.07) is 4.15. The molecule has 128 valence electrons. The lowest BCUT2D eigenvalue weighted by Crippen LogP contribution is -2.58. The van der Waals surface area contributed by atoms with Crippen LogP contribution >= 0.6 is 11.6 Å². The first-order valence-corrected chi connectivity index (χ1v) is 8.48. The van der Waals surface area contributed by atoms with Gasteiger partial charge in [-0.15, -0.1) is 0 Å². The van der Waals surface area contributed by atoms with E-state index in [1.54, 1.807) is 17.2 Å². The largest absolute Gasteiger partial charge is 0.444 e. The minimum atomic E-state index is -0.438. The molecule has 1 aliphatic heterocycles. The van der Waals surface area contributed by atoms with Crippen LogP contribution in [0.2, 0.25) is 5.15 Å². The minimum Gasteiger partial charge on any atom is -0.444 e. The highest BCUT2D eigenvalue weighted by Crippen LogP contribution is 2.24. The lowest BCUT2D eigenvalue weighted by Gasteiger charge is -2.43. The topological polar surface area (TPSA) is 54.5 Å². The number of nitrogens with zero attached hydrogens (tertiary/aromatic N) is 2. The molecule has 1 amide bonds. The van der Waals surface area contributed by atoms with Crippen LogP contribution in [-0.2, 0) is 11.3 Å². The van der Waals surface area contributed by atoms with Gasteiger partial charge in [0.05, 0.1) is 0 Å². The average Bonchev–Trinajstić information content (AvgIpc) is 2.40. The van der Waals surface area contributed by atoms with Crippen LogP contribution in [0.15, 0.2) is 18.3 Å². The fraction of sp³-hybridized carbons (Fsp3) is 0.647. The van der Waals surface area contributed by atoms with Crippen molar-refractivity contribution in [2.75, 3.05) is 13.1 Å². The van der Waals surface area contributed by atoms with E-state index in [-0.39, 0.29) is 6.09 Å². The van der Waals surface area contributed by atoms with E-state index in [0.717, 1.165) is 31.6 Å². The molecule has 0 aliphatic carbocycles. The van der Waals surface area contributed by atoms with E-state index < -0.39 is 5.60 Å². The van der Waals surface area contributed by atoms with Crippen molar-refractivity contribution in [3.8, 4) is 0 Å². The first-order chi connectivity index (χ1) is 10.8. The molecule has 0 bridgehead atoms. The zero-order valence-electron chi connectivity index (χ0n) is 14.3. The minimum absolute atomic E-state index is 0.217. The molecule has 1 aliphatic rings.